The molecule has 1 saturated carbocycles. The lowest BCUT2D eigenvalue weighted by Gasteiger charge is -2.22. The predicted molar refractivity (Wildman–Crippen MR) is 148 cm³/mol. The molecule has 5 heterocycles. The van der Waals surface area contributed by atoms with Crippen LogP contribution in [-0.2, 0) is 11.8 Å². The molecule has 0 radical (unpaired) electrons. The quantitative estimate of drug-likeness (QED) is 0.346. The number of nitrogens with one attached hydrogen (secondary N) is 1. The van der Waals surface area contributed by atoms with Gasteiger partial charge in [-0.1, -0.05) is 30.3 Å². The molecule has 2 N–H and O–H groups in total. The van der Waals surface area contributed by atoms with E-state index >= 15 is 0 Å². The fourth-order valence-corrected chi connectivity index (χ4v) is 5.84. The highest BCUT2D eigenvalue weighted by Crippen LogP contribution is 2.47. The van der Waals surface area contributed by atoms with E-state index in [9.17, 15) is 15.2 Å². The Bertz CT molecular complexity index is 1760. The number of anilines is 1. The van der Waals surface area contributed by atoms with E-state index in [-0.39, 0.29) is 11.9 Å². The molecule has 4 atom stereocenters. The summed E-state index contributed by atoms with van der Waals surface area (Å²) in [5, 5.41) is 31.8. The molecule has 0 spiro atoms. The number of piperidine rings is 1. The second-order valence-corrected chi connectivity index (χ2v) is 10.5. The number of hydrogen-bond donors (Lipinski definition) is 2. The maximum atomic E-state index is 12.6. The van der Waals surface area contributed by atoms with Crippen molar-refractivity contribution in [3.63, 3.8) is 0 Å². The Labute approximate surface area is 230 Å². The average Bonchev–Trinajstić information content (AvgIpc) is 3.44. The molecule has 0 unspecified atom stereocenters. The molecule has 2 aliphatic rings. The van der Waals surface area contributed by atoms with Crippen LogP contribution in [0.5, 0.6) is 0 Å². The minimum Gasteiger partial charge on any atom is -0.378 e. The lowest BCUT2D eigenvalue weighted by molar-refractivity contribution is -0.129. The van der Waals surface area contributed by atoms with Gasteiger partial charge in [0.1, 0.15) is 11.9 Å². The number of aliphatic hydroxyl groups is 1. The Kier molecular flexibility index (Phi) is 5.61. The van der Waals surface area contributed by atoms with E-state index in [4.69, 9.17) is 4.98 Å². The summed E-state index contributed by atoms with van der Waals surface area (Å²) in [6.07, 6.45) is 7.91. The molecule has 2 fully saturated rings. The highest BCUT2D eigenvalue weighted by atomic mass is 16.3. The highest BCUT2D eigenvalue weighted by Gasteiger charge is 2.57. The van der Waals surface area contributed by atoms with Gasteiger partial charge in [0, 0.05) is 78.9 Å². The highest BCUT2D eigenvalue weighted by molar-refractivity contribution is 5.87. The van der Waals surface area contributed by atoms with Gasteiger partial charge in [0.25, 0.3) is 5.91 Å². The van der Waals surface area contributed by atoms with Gasteiger partial charge in [-0.05, 0) is 23.8 Å². The van der Waals surface area contributed by atoms with Gasteiger partial charge in [-0.15, -0.1) is 0 Å². The zero-order chi connectivity index (χ0) is 27.4. The van der Waals surface area contributed by atoms with Crippen molar-refractivity contribution < 1.29 is 9.90 Å². The summed E-state index contributed by atoms with van der Waals surface area (Å²) in [7, 11) is 1.87. The standard InChI is InChI=1S/C30H26N8O2/c1-36-14-22(13-33-36)20-9-23(28-21(10-31)12-34-38(28)15-20)19-7-8-26(32-11-19)37-16-24-25(17-37)27(24)35-30(40)29(39)18-5-3-2-4-6-18/h2-9,11-15,24-25,27,29,39H,16-17H2,1H3,(H,35,40)/t24-,25+,27+,29-/m1/s1. The first kappa shape index (κ1) is 24.1. The largest absolute Gasteiger partial charge is 0.378 e. The lowest BCUT2D eigenvalue weighted by Crippen LogP contribution is -2.37. The summed E-state index contributed by atoms with van der Waals surface area (Å²) in [4.78, 5) is 19.6. The van der Waals surface area contributed by atoms with Gasteiger partial charge in [-0.3, -0.25) is 9.48 Å². The zero-order valence-electron chi connectivity index (χ0n) is 21.7. The number of aromatic nitrogens is 5. The average molecular weight is 531 g/mol. The Balaban J connectivity index is 1.07. The Morgan fingerprint density at radius 1 is 1.02 bits per heavy atom. The molecule has 1 aromatic carbocycles. The van der Waals surface area contributed by atoms with Crippen molar-refractivity contribution in [1.82, 2.24) is 29.7 Å². The molecule has 40 heavy (non-hydrogen) atoms. The molecule has 1 saturated heterocycles. The van der Waals surface area contributed by atoms with Gasteiger partial charge in [0.05, 0.1) is 23.5 Å². The van der Waals surface area contributed by atoms with Crippen LogP contribution in [0, 0.1) is 23.2 Å². The number of aliphatic hydroxyl groups excluding tert-OH is 1. The number of carbonyl (C=O) groups is 1. The third-order valence-electron chi connectivity index (χ3n) is 8.02. The predicted octanol–water partition coefficient (Wildman–Crippen LogP) is 2.95. The van der Waals surface area contributed by atoms with Crippen molar-refractivity contribution in [3.8, 4) is 28.3 Å². The number of aryl methyl sites for hydroxylation is 1. The smallest absolute Gasteiger partial charge is 0.253 e. The number of benzene rings is 1. The molecule has 10 heteroatoms. The van der Waals surface area contributed by atoms with Crippen LogP contribution in [0.1, 0.15) is 17.2 Å². The molecule has 7 rings (SSSR count). The number of pyridine rings is 2. The van der Waals surface area contributed by atoms with Crippen LogP contribution < -0.4 is 10.2 Å². The van der Waals surface area contributed by atoms with Gasteiger partial charge in [0.15, 0.2) is 6.10 Å². The molecular weight excluding hydrogens is 504 g/mol. The van der Waals surface area contributed by atoms with Crippen molar-refractivity contribution in [3.05, 3.63) is 90.6 Å². The van der Waals surface area contributed by atoms with Crippen molar-refractivity contribution in [1.29, 1.82) is 5.26 Å². The van der Waals surface area contributed by atoms with Gasteiger partial charge in [-0.25, -0.2) is 9.50 Å². The maximum Gasteiger partial charge on any atom is 0.253 e. The summed E-state index contributed by atoms with van der Waals surface area (Å²) in [6, 6.07) is 17.4. The maximum absolute atomic E-state index is 12.6. The molecule has 5 aromatic rings. The number of nitrogens with zero attached hydrogens (tertiary/aromatic N) is 7. The summed E-state index contributed by atoms with van der Waals surface area (Å²) >= 11 is 0. The summed E-state index contributed by atoms with van der Waals surface area (Å²) in [5.74, 6) is 1.21. The first-order valence-electron chi connectivity index (χ1n) is 13.2. The first-order valence-corrected chi connectivity index (χ1v) is 13.2. The fourth-order valence-electron chi connectivity index (χ4n) is 5.84. The fraction of sp³-hybridized carbons (Fsp3) is 0.233. The number of hydrogen-bond acceptors (Lipinski definition) is 7. The van der Waals surface area contributed by atoms with Crippen LogP contribution in [0.2, 0.25) is 0 Å². The van der Waals surface area contributed by atoms with E-state index in [1.807, 2.05) is 62.0 Å². The van der Waals surface area contributed by atoms with E-state index in [2.05, 4.69) is 26.5 Å². The number of fused-ring (bicyclic) bond motifs is 2. The third-order valence-corrected chi connectivity index (χ3v) is 8.02. The minimum absolute atomic E-state index is 0.0798. The van der Waals surface area contributed by atoms with Crippen molar-refractivity contribution in [2.24, 2.45) is 18.9 Å². The van der Waals surface area contributed by atoms with E-state index in [1.165, 1.54) is 0 Å². The monoisotopic (exact) mass is 530 g/mol. The van der Waals surface area contributed by atoms with E-state index in [0.717, 1.165) is 46.7 Å². The Morgan fingerprint density at radius 2 is 1.82 bits per heavy atom. The van der Waals surface area contributed by atoms with Crippen LogP contribution in [0.3, 0.4) is 0 Å². The number of amides is 1. The molecule has 10 nitrogen and oxygen atoms in total. The zero-order valence-corrected chi connectivity index (χ0v) is 21.7. The molecule has 0 bridgehead atoms. The number of carbonyl (C=O) groups excluding carboxylic acids is 1. The van der Waals surface area contributed by atoms with Gasteiger partial charge < -0.3 is 15.3 Å². The molecule has 1 aliphatic carbocycles. The van der Waals surface area contributed by atoms with Gasteiger partial charge in [0.2, 0.25) is 0 Å². The summed E-state index contributed by atoms with van der Waals surface area (Å²) in [5.41, 5.74) is 5.50. The second-order valence-electron chi connectivity index (χ2n) is 10.5. The van der Waals surface area contributed by atoms with Crippen molar-refractivity contribution >= 4 is 17.2 Å². The molecule has 198 valence electrons. The Morgan fingerprint density at radius 3 is 2.50 bits per heavy atom. The van der Waals surface area contributed by atoms with E-state index < -0.39 is 6.10 Å². The lowest BCUT2D eigenvalue weighted by atomic mass is 10.0. The Hall–Kier alpha value is -5.01. The summed E-state index contributed by atoms with van der Waals surface area (Å²) in [6.45, 7) is 1.59. The van der Waals surface area contributed by atoms with Crippen LogP contribution in [-0.4, -0.2) is 54.5 Å². The molecule has 4 aromatic heterocycles. The number of rotatable bonds is 6. The molecular formula is C30H26N8O2. The summed E-state index contributed by atoms with van der Waals surface area (Å²) < 4.78 is 3.49. The topological polar surface area (TPSA) is 124 Å². The van der Waals surface area contributed by atoms with Crippen LogP contribution in [0.15, 0.2) is 79.5 Å². The van der Waals surface area contributed by atoms with Crippen molar-refractivity contribution in [2.45, 2.75) is 12.1 Å². The first-order chi connectivity index (χ1) is 19.5. The van der Waals surface area contributed by atoms with Crippen LogP contribution in [0.4, 0.5) is 5.82 Å². The molecule has 1 aliphatic heterocycles. The van der Waals surface area contributed by atoms with Crippen molar-refractivity contribution in [2.75, 3.05) is 18.0 Å². The van der Waals surface area contributed by atoms with Gasteiger partial charge in [-0.2, -0.15) is 15.5 Å². The second kappa shape index (κ2) is 9.32. The SMILES string of the molecule is Cn1cc(-c2cc(-c3ccc(N4C[C@@H]5[C@H](C4)[C@H]5NC(=O)[C@H](O)c4ccccc4)nc3)c3c(C#N)cnn3c2)cn1. The normalized spacial score (nSPS) is 20.2. The van der Waals surface area contributed by atoms with Gasteiger partial charge >= 0.3 is 0 Å². The third kappa shape index (κ3) is 4.08. The van der Waals surface area contributed by atoms with E-state index in [1.54, 1.807) is 33.7 Å². The minimum atomic E-state index is -1.16. The number of nitriles is 1. The van der Waals surface area contributed by atoms with E-state index in [0.29, 0.717) is 23.0 Å². The van der Waals surface area contributed by atoms with Crippen LogP contribution >= 0.6 is 0 Å². The molecule has 1 amide bonds. The van der Waals surface area contributed by atoms with Crippen LogP contribution in [0.25, 0.3) is 27.8 Å².